The molecule has 0 aliphatic carbocycles. The molecule has 1 aromatic rings. The van der Waals surface area contributed by atoms with E-state index in [2.05, 4.69) is 10.3 Å². The van der Waals surface area contributed by atoms with E-state index in [0.717, 1.165) is 6.42 Å². The zero-order valence-corrected chi connectivity index (χ0v) is 11.4. The predicted octanol–water partition coefficient (Wildman–Crippen LogP) is 2.75. The molecular formula is C14H19FN2O2. The second-order valence-corrected chi connectivity index (χ2v) is 4.06. The van der Waals surface area contributed by atoms with Crippen molar-refractivity contribution in [1.82, 2.24) is 5.32 Å². The van der Waals surface area contributed by atoms with Crippen molar-refractivity contribution in [3.8, 4) is 0 Å². The highest BCUT2D eigenvalue weighted by Gasteiger charge is 2.14. The molecule has 0 heterocycles. The van der Waals surface area contributed by atoms with E-state index < -0.39 is 11.7 Å². The van der Waals surface area contributed by atoms with E-state index in [9.17, 15) is 9.18 Å². The van der Waals surface area contributed by atoms with Gasteiger partial charge in [0.1, 0.15) is 5.82 Å². The monoisotopic (exact) mass is 266 g/mol. The average Bonchev–Trinajstić information content (AvgIpc) is 2.39. The molecule has 0 saturated heterocycles. The lowest BCUT2D eigenvalue weighted by Gasteiger charge is -2.11. The van der Waals surface area contributed by atoms with E-state index in [4.69, 9.17) is 4.74 Å². The Morgan fingerprint density at radius 3 is 2.68 bits per heavy atom. The molecule has 0 aliphatic rings. The number of hydrogen-bond donors (Lipinski definition) is 1. The summed E-state index contributed by atoms with van der Waals surface area (Å²) in [6.07, 6.45) is 0.826. The molecule has 0 aliphatic heterocycles. The number of carbonyl (C=O) groups excluding carboxylic acids is 1. The Hall–Kier alpha value is -1.91. The number of nitrogens with one attached hydrogen (secondary N) is 1. The summed E-state index contributed by atoms with van der Waals surface area (Å²) in [6.45, 7) is 6.07. The second-order valence-electron chi connectivity index (χ2n) is 4.06. The van der Waals surface area contributed by atoms with Gasteiger partial charge in [0.15, 0.2) is 0 Å². The number of nitrogens with zero attached hydrogens (tertiary/aromatic N) is 1. The summed E-state index contributed by atoms with van der Waals surface area (Å²) in [5.74, 6) is -1.13. The van der Waals surface area contributed by atoms with Crippen molar-refractivity contribution in [2.75, 3.05) is 6.61 Å². The Labute approximate surface area is 112 Å². The maximum Gasteiger partial charge on any atom is 0.291 e. The van der Waals surface area contributed by atoms with Crippen molar-refractivity contribution in [3.63, 3.8) is 0 Å². The number of ether oxygens (including phenoxy) is 1. The van der Waals surface area contributed by atoms with Gasteiger partial charge < -0.3 is 4.74 Å². The Balaban J connectivity index is 2.83. The van der Waals surface area contributed by atoms with Gasteiger partial charge in [-0.1, -0.05) is 19.1 Å². The van der Waals surface area contributed by atoms with E-state index in [-0.39, 0.29) is 17.6 Å². The van der Waals surface area contributed by atoms with E-state index >= 15 is 0 Å². The van der Waals surface area contributed by atoms with Crippen molar-refractivity contribution in [2.24, 2.45) is 4.99 Å². The quantitative estimate of drug-likeness (QED) is 0.673. The summed E-state index contributed by atoms with van der Waals surface area (Å²) in [6, 6.07) is 5.94. The van der Waals surface area contributed by atoms with Crippen LogP contribution in [0, 0.1) is 5.82 Å². The lowest BCUT2D eigenvalue weighted by atomic mass is 10.2. The van der Waals surface area contributed by atoms with Gasteiger partial charge in [-0.05, 0) is 32.4 Å². The number of carbonyl (C=O) groups is 1. The molecular weight excluding hydrogens is 247 g/mol. The minimum Gasteiger partial charge on any atom is -0.465 e. The van der Waals surface area contributed by atoms with E-state index in [1.54, 1.807) is 13.0 Å². The van der Waals surface area contributed by atoms with Crippen LogP contribution in [-0.4, -0.2) is 24.6 Å². The van der Waals surface area contributed by atoms with Gasteiger partial charge in [-0.25, -0.2) is 9.38 Å². The molecule has 1 N–H and O–H groups in total. The lowest BCUT2D eigenvalue weighted by molar-refractivity contribution is 0.0962. The normalized spacial score (nSPS) is 12.9. The summed E-state index contributed by atoms with van der Waals surface area (Å²) >= 11 is 0. The molecule has 0 radical (unpaired) electrons. The van der Waals surface area contributed by atoms with E-state index in [1.165, 1.54) is 18.2 Å². The minimum atomic E-state index is -0.570. The van der Waals surface area contributed by atoms with Crippen molar-refractivity contribution in [2.45, 2.75) is 33.2 Å². The van der Waals surface area contributed by atoms with Gasteiger partial charge in [0.25, 0.3) is 11.9 Å². The Kier molecular flexibility index (Phi) is 5.99. The molecule has 0 bridgehead atoms. The number of rotatable bonds is 4. The molecule has 0 spiro atoms. The molecule has 4 nitrogen and oxygen atoms in total. The number of aliphatic imine (C=N–C) groups is 1. The Morgan fingerprint density at radius 1 is 1.42 bits per heavy atom. The highest BCUT2D eigenvalue weighted by atomic mass is 19.1. The molecule has 0 fully saturated rings. The van der Waals surface area contributed by atoms with Crippen LogP contribution >= 0.6 is 0 Å². The van der Waals surface area contributed by atoms with Crippen LogP contribution in [0.5, 0.6) is 0 Å². The maximum absolute atomic E-state index is 13.5. The third-order valence-electron chi connectivity index (χ3n) is 2.55. The number of amides is 1. The first kappa shape index (κ1) is 15.1. The number of hydrogen-bond acceptors (Lipinski definition) is 3. The molecule has 1 aromatic carbocycles. The van der Waals surface area contributed by atoms with Gasteiger partial charge in [0, 0.05) is 0 Å². The number of halogens is 1. The molecule has 1 atom stereocenters. The van der Waals surface area contributed by atoms with E-state index in [0.29, 0.717) is 6.61 Å². The molecule has 1 amide bonds. The zero-order valence-electron chi connectivity index (χ0n) is 11.4. The third-order valence-corrected chi connectivity index (χ3v) is 2.55. The van der Waals surface area contributed by atoms with Crippen molar-refractivity contribution < 1.29 is 13.9 Å². The van der Waals surface area contributed by atoms with Crippen molar-refractivity contribution in [3.05, 3.63) is 35.6 Å². The smallest absolute Gasteiger partial charge is 0.291 e. The summed E-state index contributed by atoms with van der Waals surface area (Å²) in [7, 11) is 0. The fraction of sp³-hybridized carbons (Fsp3) is 0.429. The van der Waals surface area contributed by atoms with Gasteiger partial charge in [-0.2, -0.15) is 0 Å². The molecule has 104 valence electrons. The van der Waals surface area contributed by atoms with Gasteiger partial charge >= 0.3 is 0 Å². The topological polar surface area (TPSA) is 50.7 Å². The van der Waals surface area contributed by atoms with Crippen LogP contribution < -0.4 is 5.32 Å². The van der Waals surface area contributed by atoms with Gasteiger partial charge in [-0.15, -0.1) is 0 Å². The zero-order chi connectivity index (χ0) is 14.3. The standard InChI is InChI=1S/C14H19FN2O2/c1-4-10(3)16-14(19-5-2)17-13(18)11-8-6-7-9-12(11)15/h6-10H,4-5H2,1-3H3,(H,16,17,18)/t10-/m1/s1. The predicted molar refractivity (Wildman–Crippen MR) is 72.7 cm³/mol. The van der Waals surface area contributed by atoms with Crippen LogP contribution in [0.25, 0.3) is 0 Å². The van der Waals surface area contributed by atoms with Crippen LogP contribution in [0.15, 0.2) is 29.3 Å². The van der Waals surface area contributed by atoms with Gasteiger partial charge in [0.2, 0.25) is 0 Å². The van der Waals surface area contributed by atoms with E-state index in [1.807, 2.05) is 13.8 Å². The number of amidine groups is 1. The van der Waals surface area contributed by atoms with Crippen LogP contribution in [0.4, 0.5) is 4.39 Å². The fourth-order valence-corrected chi connectivity index (χ4v) is 1.34. The average molecular weight is 266 g/mol. The lowest BCUT2D eigenvalue weighted by Crippen LogP contribution is -2.34. The Morgan fingerprint density at radius 2 is 2.11 bits per heavy atom. The fourth-order valence-electron chi connectivity index (χ4n) is 1.34. The summed E-state index contributed by atoms with van der Waals surface area (Å²) in [5.41, 5.74) is -0.0287. The Bertz CT molecular complexity index is 461. The number of benzene rings is 1. The highest BCUT2D eigenvalue weighted by Crippen LogP contribution is 2.06. The third kappa shape index (κ3) is 4.69. The van der Waals surface area contributed by atoms with Gasteiger partial charge in [-0.3, -0.25) is 10.1 Å². The molecule has 1 rings (SSSR count). The SMILES string of the molecule is CCOC(=N[C@H](C)CC)NC(=O)c1ccccc1F. The molecule has 19 heavy (non-hydrogen) atoms. The first-order valence-electron chi connectivity index (χ1n) is 6.34. The van der Waals surface area contributed by atoms with Crippen LogP contribution in [0.2, 0.25) is 0 Å². The van der Waals surface area contributed by atoms with Crippen molar-refractivity contribution in [1.29, 1.82) is 0 Å². The van der Waals surface area contributed by atoms with Crippen molar-refractivity contribution >= 4 is 11.9 Å². The first-order chi connectivity index (χ1) is 9.08. The minimum absolute atomic E-state index is 0.0287. The van der Waals surface area contributed by atoms with Gasteiger partial charge in [0.05, 0.1) is 18.2 Å². The highest BCUT2D eigenvalue weighted by molar-refractivity contribution is 6.04. The molecule has 0 unspecified atom stereocenters. The van der Waals surface area contributed by atoms with Crippen LogP contribution in [-0.2, 0) is 4.74 Å². The summed E-state index contributed by atoms with van der Waals surface area (Å²) in [5, 5.41) is 2.49. The maximum atomic E-state index is 13.5. The first-order valence-corrected chi connectivity index (χ1v) is 6.34. The molecule has 0 aromatic heterocycles. The summed E-state index contributed by atoms with van der Waals surface area (Å²) < 4.78 is 18.7. The largest absolute Gasteiger partial charge is 0.465 e. The molecule has 5 heteroatoms. The van der Waals surface area contributed by atoms with Crippen LogP contribution in [0.3, 0.4) is 0 Å². The van der Waals surface area contributed by atoms with Crippen LogP contribution in [0.1, 0.15) is 37.6 Å². The molecule has 0 saturated carbocycles. The summed E-state index contributed by atoms with van der Waals surface area (Å²) in [4.78, 5) is 16.1. The second kappa shape index (κ2) is 7.51.